The van der Waals surface area contributed by atoms with E-state index in [9.17, 15) is 17.3 Å². The van der Waals surface area contributed by atoms with Gasteiger partial charge in [0.15, 0.2) is 0 Å². The van der Waals surface area contributed by atoms with Gasteiger partial charge in [-0.1, -0.05) is 146 Å². The van der Waals surface area contributed by atoms with E-state index in [2.05, 4.69) is 67.9 Å². The van der Waals surface area contributed by atoms with Gasteiger partial charge in [0.05, 0.1) is 6.07 Å². The van der Waals surface area contributed by atoms with E-state index in [0.29, 0.717) is 0 Å². The third-order valence-electron chi connectivity index (χ3n) is 5.35. The number of fused-ring (bicyclic) bond motifs is 1. The first kappa shape index (κ1) is 39.8. The SMILES string of the molecule is CC#N.F[B-](F)(F)F.[CH]1[CH][C]2C=CC=C[C]2[CH]1.[C](=[C]c1ccccc1)c1ccccc1.[C](=[C]c1ccccc1)c1ccccc1.[Mo]. The van der Waals surface area contributed by atoms with Crippen LogP contribution in [0.1, 0.15) is 29.2 Å². The topological polar surface area (TPSA) is 23.8 Å². The van der Waals surface area contributed by atoms with E-state index in [0.717, 1.165) is 22.3 Å². The van der Waals surface area contributed by atoms with Crippen molar-refractivity contribution in [3.05, 3.63) is 223 Å². The second kappa shape index (κ2) is 24.1. The number of halogens is 4. The van der Waals surface area contributed by atoms with Crippen molar-refractivity contribution in [2.45, 2.75) is 6.92 Å². The minimum atomic E-state index is -6.00. The number of nitrogens with zero attached hydrogens (tertiary/aromatic N) is 1. The smallest absolute Gasteiger partial charge is 0.418 e. The van der Waals surface area contributed by atoms with Crippen LogP contribution in [-0.2, 0) is 21.1 Å². The number of hydrogen-bond donors (Lipinski definition) is 0. The first-order valence-electron chi connectivity index (χ1n) is 13.8. The van der Waals surface area contributed by atoms with Gasteiger partial charge >= 0.3 is 7.25 Å². The van der Waals surface area contributed by atoms with Gasteiger partial charge in [-0.25, -0.2) is 0 Å². The molecule has 0 N–H and O–H groups in total. The van der Waals surface area contributed by atoms with E-state index in [-0.39, 0.29) is 21.1 Å². The summed E-state index contributed by atoms with van der Waals surface area (Å²) < 4.78 is 39.0. The summed E-state index contributed by atoms with van der Waals surface area (Å²) in [7, 11) is -6.00. The summed E-state index contributed by atoms with van der Waals surface area (Å²) in [6, 6.07) is 41.8. The molecule has 0 spiro atoms. The van der Waals surface area contributed by atoms with Crippen LogP contribution in [0.25, 0.3) is 0 Å². The predicted molar refractivity (Wildman–Crippen MR) is 174 cm³/mol. The first-order valence-corrected chi connectivity index (χ1v) is 13.8. The fourth-order valence-electron chi connectivity index (χ4n) is 3.44. The molecule has 0 bridgehead atoms. The Bertz CT molecular complexity index is 1290. The number of benzene rings is 4. The fourth-order valence-corrected chi connectivity index (χ4v) is 3.44. The molecule has 46 heavy (non-hydrogen) atoms. The Kier molecular flexibility index (Phi) is 20.9. The zero-order valence-corrected chi connectivity index (χ0v) is 27.0. The third-order valence-corrected chi connectivity index (χ3v) is 5.35. The summed E-state index contributed by atoms with van der Waals surface area (Å²) in [5.41, 5.74) is 4.21. The maximum Gasteiger partial charge on any atom is 0.673 e. The molecule has 0 aromatic heterocycles. The molecule has 4 aromatic rings. The molecule has 0 unspecified atom stereocenters. The van der Waals surface area contributed by atoms with Gasteiger partial charge in [0.1, 0.15) is 0 Å². The van der Waals surface area contributed by atoms with Crippen LogP contribution < -0.4 is 0 Å². The van der Waals surface area contributed by atoms with Crippen LogP contribution in [-0.4, -0.2) is 7.25 Å². The van der Waals surface area contributed by atoms with Crippen molar-refractivity contribution in [2.24, 2.45) is 0 Å². The quantitative estimate of drug-likeness (QED) is 0.119. The summed E-state index contributed by atoms with van der Waals surface area (Å²) in [6.07, 6.45) is 27.1. The van der Waals surface area contributed by atoms with Gasteiger partial charge in [-0.15, -0.1) is 0 Å². The molecular formula is C39H30BF4MoN-. The molecular weight excluding hydrogens is 665 g/mol. The molecule has 0 atom stereocenters. The zero-order chi connectivity index (χ0) is 32.6. The summed E-state index contributed by atoms with van der Waals surface area (Å²) in [6.45, 7) is 1.43. The maximum absolute atomic E-state index is 9.75. The average Bonchev–Trinajstić information content (AvgIpc) is 3.54. The van der Waals surface area contributed by atoms with Crippen LogP contribution in [0.15, 0.2) is 146 Å². The van der Waals surface area contributed by atoms with Crippen LogP contribution in [0.3, 0.4) is 0 Å². The number of nitriles is 1. The van der Waals surface area contributed by atoms with Crippen molar-refractivity contribution in [3.8, 4) is 6.07 Å². The molecule has 7 heteroatoms. The molecule has 6 rings (SSSR count). The van der Waals surface area contributed by atoms with E-state index in [4.69, 9.17) is 5.26 Å². The van der Waals surface area contributed by atoms with Gasteiger partial charge < -0.3 is 17.3 Å². The Morgan fingerprint density at radius 1 is 0.478 bits per heavy atom. The second-order valence-corrected chi connectivity index (χ2v) is 8.84. The average molecular weight is 695 g/mol. The molecule has 4 aromatic carbocycles. The van der Waals surface area contributed by atoms with Gasteiger partial charge in [-0.2, -0.15) is 5.26 Å². The molecule has 0 saturated heterocycles. The van der Waals surface area contributed by atoms with E-state index in [1.54, 1.807) is 6.07 Å². The van der Waals surface area contributed by atoms with E-state index in [1.807, 2.05) is 121 Å². The molecule has 1 nitrogen and oxygen atoms in total. The first-order chi connectivity index (χ1) is 21.8. The Labute approximate surface area is 286 Å². The van der Waals surface area contributed by atoms with Gasteiger partial charge in [0, 0.05) is 39.8 Å². The molecule has 1 saturated carbocycles. The van der Waals surface area contributed by atoms with Crippen molar-refractivity contribution >= 4 is 7.25 Å². The molecule has 2 aliphatic carbocycles. The van der Waals surface area contributed by atoms with Gasteiger partial charge in [-0.05, 0) is 65.8 Å². The molecule has 0 heterocycles. The number of allylic oxidation sites excluding steroid dienone is 4. The summed E-state index contributed by atoms with van der Waals surface area (Å²) >= 11 is 0. The van der Waals surface area contributed by atoms with E-state index < -0.39 is 7.25 Å². The van der Waals surface area contributed by atoms with Gasteiger partial charge in [-0.3, -0.25) is 0 Å². The zero-order valence-electron chi connectivity index (χ0n) is 25.0. The molecule has 2 aliphatic rings. The summed E-state index contributed by atoms with van der Waals surface area (Å²) in [5.74, 6) is 2.66. The van der Waals surface area contributed by atoms with Gasteiger partial charge in [0.25, 0.3) is 0 Å². The van der Waals surface area contributed by atoms with Crippen molar-refractivity contribution in [2.75, 3.05) is 0 Å². The maximum atomic E-state index is 9.75. The minimum Gasteiger partial charge on any atom is -0.418 e. The van der Waals surface area contributed by atoms with Crippen LogP contribution in [0.2, 0.25) is 0 Å². The standard InChI is InChI=1S/2C14H10.C9H7.C2H3N.BF4.Mo/c2*1-3-7-13(8-4-1)11-12-14-9-5-2-6-10-14;1-2-5-9-7-3-6-8(9)4-1;1-2-3;2-1(3,4)5;/h2*1-10H;1-7H;1H3;;/q;;;;-1;. The van der Waals surface area contributed by atoms with Crippen LogP contribution in [0, 0.1) is 66.7 Å². The van der Waals surface area contributed by atoms with Crippen molar-refractivity contribution in [1.82, 2.24) is 0 Å². The van der Waals surface area contributed by atoms with Crippen molar-refractivity contribution in [3.63, 3.8) is 0 Å². The van der Waals surface area contributed by atoms with Crippen molar-refractivity contribution < 1.29 is 38.3 Å². The minimum absolute atomic E-state index is 0. The molecule has 0 aliphatic heterocycles. The van der Waals surface area contributed by atoms with E-state index in [1.165, 1.54) is 18.8 Å². The summed E-state index contributed by atoms with van der Waals surface area (Å²) in [4.78, 5) is 0. The third kappa shape index (κ3) is 20.0. The summed E-state index contributed by atoms with van der Waals surface area (Å²) in [5, 5.41) is 7.32. The van der Waals surface area contributed by atoms with Crippen LogP contribution >= 0.6 is 0 Å². The molecule has 9 radical (unpaired) electrons. The second-order valence-electron chi connectivity index (χ2n) is 8.84. The van der Waals surface area contributed by atoms with Gasteiger partial charge in [0.2, 0.25) is 0 Å². The monoisotopic (exact) mass is 697 g/mol. The molecule has 0 amide bonds. The Balaban J connectivity index is 0.000000311. The van der Waals surface area contributed by atoms with Crippen LogP contribution in [0.4, 0.5) is 17.3 Å². The molecule has 229 valence electrons. The van der Waals surface area contributed by atoms with E-state index >= 15 is 0 Å². The number of hydrogen-bond acceptors (Lipinski definition) is 1. The molecule has 1 fully saturated rings. The Morgan fingerprint density at radius 2 is 0.696 bits per heavy atom. The predicted octanol–water partition coefficient (Wildman–Crippen LogP) is 10.2. The van der Waals surface area contributed by atoms with Crippen LogP contribution in [0.5, 0.6) is 0 Å². The number of rotatable bonds is 4. The fraction of sp³-hybridized carbons (Fsp3) is 0.0256. The Hall–Kier alpha value is -4.20. The van der Waals surface area contributed by atoms with Crippen molar-refractivity contribution in [1.29, 1.82) is 5.26 Å². The normalized spacial score (nSPS) is 13.2. The Morgan fingerprint density at radius 3 is 0.913 bits per heavy atom. The largest absolute Gasteiger partial charge is 0.673 e.